The Balaban J connectivity index is 2.96. The Morgan fingerprint density at radius 2 is 2.05 bits per heavy atom. The zero-order valence-electron chi connectivity index (χ0n) is 11.8. The highest BCUT2D eigenvalue weighted by molar-refractivity contribution is 7.13. The molecule has 0 aliphatic carbocycles. The maximum Gasteiger partial charge on any atom is 0.323 e. The number of aryl methyl sites for hydroxylation is 2. The number of thiazole rings is 1. The normalized spacial score (nSPS) is 10.8. The van der Waals surface area contributed by atoms with Crippen LogP contribution in [0, 0.1) is 12.8 Å². The first-order valence-electron chi connectivity index (χ1n) is 6.32. The summed E-state index contributed by atoms with van der Waals surface area (Å²) in [6.07, 6.45) is 0.780. The van der Waals surface area contributed by atoms with E-state index < -0.39 is 5.97 Å². The van der Waals surface area contributed by atoms with Gasteiger partial charge < -0.3 is 10.0 Å². The zero-order valence-corrected chi connectivity index (χ0v) is 12.6. The number of aliphatic carboxylic acids is 1. The second-order valence-corrected chi connectivity index (χ2v) is 5.93. The minimum absolute atomic E-state index is 0.224. The number of hydrogen-bond donors (Lipinski definition) is 1. The fraction of sp³-hybridized carbons (Fsp3) is 0.615. The van der Waals surface area contributed by atoms with E-state index in [2.05, 4.69) is 4.98 Å². The molecule has 1 heterocycles. The highest BCUT2D eigenvalue weighted by atomic mass is 32.1. The zero-order chi connectivity index (χ0) is 14.6. The number of aromatic nitrogens is 1. The molecular weight excluding hydrogens is 264 g/mol. The Bertz CT molecular complexity index is 468. The first-order chi connectivity index (χ1) is 8.85. The lowest BCUT2D eigenvalue weighted by atomic mass is 10.2. The molecule has 0 saturated heterocycles. The first-order valence-corrected chi connectivity index (χ1v) is 7.14. The van der Waals surface area contributed by atoms with Gasteiger partial charge in [0.2, 0.25) is 0 Å². The summed E-state index contributed by atoms with van der Waals surface area (Å²) in [5.74, 6) is -1.00. The second-order valence-electron chi connectivity index (χ2n) is 4.85. The summed E-state index contributed by atoms with van der Waals surface area (Å²) in [5.41, 5.74) is 0.686. The van der Waals surface area contributed by atoms with Gasteiger partial charge in [-0.1, -0.05) is 20.8 Å². The molecule has 6 heteroatoms. The molecule has 1 aromatic heterocycles. The van der Waals surface area contributed by atoms with Crippen molar-refractivity contribution in [1.82, 2.24) is 9.88 Å². The van der Waals surface area contributed by atoms with Gasteiger partial charge in [-0.2, -0.15) is 0 Å². The molecule has 0 bridgehead atoms. The van der Waals surface area contributed by atoms with Crippen molar-refractivity contribution in [2.45, 2.75) is 34.1 Å². The molecule has 0 radical (unpaired) electrons. The van der Waals surface area contributed by atoms with E-state index in [-0.39, 0.29) is 18.4 Å². The van der Waals surface area contributed by atoms with Crippen LogP contribution in [0.1, 0.15) is 41.1 Å². The molecule has 0 unspecified atom stereocenters. The Morgan fingerprint density at radius 1 is 1.42 bits per heavy atom. The van der Waals surface area contributed by atoms with Gasteiger partial charge in [-0.25, -0.2) is 4.98 Å². The van der Waals surface area contributed by atoms with Crippen molar-refractivity contribution < 1.29 is 14.7 Å². The fourth-order valence-electron chi connectivity index (χ4n) is 1.77. The molecule has 0 aromatic carbocycles. The van der Waals surface area contributed by atoms with Crippen molar-refractivity contribution >= 4 is 23.2 Å². The van der Waals surface area contributed by atoms with E-state index >= 15 is 0 Å². The van der Waals surface area contributed by atoms with E-state index in [1.807, 2.05) is 20.8 Å². The standard InChI is InChI=1S/C13H20N2O3S/c1-5-10-14-9(4)12(19-10)13(18)15(6-8(2)3)7-11(16)17/h8H,5-7H2,1-4H3,(H,16,17). The van der Waals surface area contributed by atoms with Gasteiger partial charge in [0.15, 0.2) is 0 Å². The fourth-order valence-corrected chi connectivity index (χ4v) is 2.74. The van der Waals surface area contributed by atoms with Crippen LogP contribution >= 0.6 is 11.3 Å². The Morgan fingerprint density at radius 3 is 2.47 bits per heavy atom. The van der Waals surface area contributed by atoms with Crippen LogP contribution < -0.4 is 0 Å². The van der Waals surface area contributed by atoms with Gasteiger partial charge in [-0.05, 0) is 19.3 Å². The first kappa shape index (κ1) is 15.6. The van der Waals surface area contributed by atoms with Crippen molar-refractivity contribution in [1.29, 1.82) is 0 Å². The molecule has 0 aliphatic rings. The van der Waals surface area contributed by atoms with Crippen LogP contribution in [0.3, 0.4) is 0 Å². The third-order valence-corrected chi connectivity index (χ3v) is 3.83. The van der Waals surface area contributed by atoms with Crippen LogP contribution in [0.25, 0.3) is 0 Å². The van der Waals surface area contributed by atoms with Crippen LogP contribution in [0.2, 0.25) is 0 Å². The molecule has 19 heavy (non-hydrogen) atoms. The number of amides is 1. The molecule has 1 rings (SSSR count). The minimum Gasteiger partial charge on any atom is -0.480 e. The van der Waals surface area contributed by atoms with E-state index in [9.17, 15) is 9.59 Å². The SMILES string of the molecule is CCc1nc(C)c(C(=O)N(CC(=O)O)CC(C)C)s1. The molecule has 1 aromatic rings. The summed E-state index contributed by atoms with van der Waals surface area (Å²) < 4.78 is 0. The molecule has 0 aliphatic heterocycles. The second kappa shape index (κ2) is 6.65. The third kappa shape index (κ3) is 4.31. The number of nitrogens with zero attached hydrogens (tertiary/aromatic N) is 2. The summed E-state index contributed by atoms with van der Waals surface area (Å²) in [6.45, 7) is 7.85. The molecular formula is C13H20N2O3S. The third-order valence-electron chi connectivity index (χ3n) is 2.54. The number of carboxylic acid groups (broad SMARTS) is 1. The highest BCUT2D eigenvalue weighted by Crippen LogP contribution is 2.21. The van der Waals surface area contributed by atoms with Crippen molar-refractivity contribution in [3.63, 3.8) is 0 Å². The molecule has 5 nitrogen and oxygen atoms in total. The molecule has 0 fully saturated rings. The van der Waals surface area contributed by atoms with Crippen molar-refractivity contribution in [2.24, 2.45) is 5.92 Å². The quantitative estimate of drug-likeness (QED) is 0.869. The van der Waals surface area contributed by atoms with Gasteiger partial charge in [-0.15, -0.1) is 11.3 Å². The van der Waals surface area contributed by atoms with Gasteiger partial charge in [0.05, 0.1) is 10.7 Å². The number of hydrogen-bond acceptors (Lipinski definition) is 4. The summed E-state index contributed by atoms with van der Waals surface area (Å²) in [4.78, 5) is 29.5. The van der Waals surface area contributed by atoms with Crippen LogP contribution in [-0.2, 0) is 11.2 Å². The van der Waals surface area contributed by atoms with E-state index in [4.69, 9.17) is 5.11 Å². The van der Waals surface area contributed by atoms with E-state index in [0.29, 0.717) is 17.1 Å². The number of carbonyl (C=O) groups is 2. The highest BCUT2D eigenvalue weighted by Gasteiger charge is 2.23. The summed E-state index contributed by atoms with van der Waals surface area (Å²) in [7, 11) is 0. The Labute approximate surface area is 117 Å². The average Bonchev–Trinajstić information content (AvgIpc) is 2.67. The Hall–Kier alpha value is -1.43. The van der Waals surface area contributed by atoms with Gasteiger partial charge in [0.1, 0.15) is 11.4 Å². The molecule has 1 N–H and O–H groups in total. The van der Waals surface area contributed by atoms with E-state index in [1.165, 1.54) is 16.2 Å². The summed E-state index contributed by atoms with van der Waals surface area (Å²) in [5, 5.41) is 9.81. The van der Waals surface area contributed by atoms with E-state index in [1.54, 1.807) is 6.92 Å². The Kier molecular flexibility index (Phi) is 5.47. The van der Waals surface area contributed by atoms with Crippen molar-refractivity contribution in [3.8, 4) is 0 Å². The predicted octanol–water partition coefficient (Wildman–Crippen LogP) is 2.20. The monoisotopic (exact) mass is 284 g/mol. The van der Waals surface area contributed by atoms with Crippen LogP contribution in [0.15, 0.2) is 0 Å². The molecule has 1 amide bonds. The number of carboxylic acids is 1. The maximum atomic E-state index is 12.4. The largest absolute Gasteiger partial charge is 0.480 e. The summed E-state index contributed by atoms with van der Waals surface area (Å²) >= 11 is 1.35. The van der Waals surface area contributed by atoms with Crippen LogP contribution in [0.4, 0.5) is 0 Å². The van der Waals surface area contributed by atoms with Crippen molar-refractivity contribution in [2.75, 3.05) is 13.1 Å². The molecule has 0 saturated carbocycles. The summed E-state index contributed by atoms with van der Waals surface area (Å²) in [6, 6.07) is 0. The van der Waals surface area contributed by atoms with Crippen LogP contribution in [0.5, 0.6) is 0 Å². The van der Waals surface area contributed by atoms with Gasteiger partial charge in [-0.3, -0.25) is 9.59 Å². The van der Waals surface area contributed by atoms with Crippen LogP contribution in [-0.4, -0.2) is 40.0 Å². The van der Waals surface area contributed by atoms with Gasteiger partial charge in [0.25, 0.3) is 5.91 Å². The molecule has 0 spiro atoms. The molecule has 106 valence electrons. The molecule has 0 atom stereocenters. The lowest BCUT2D eigenvalue weighted by Crippen LogP contribution is -2.38. The van der Waals surface area contributed by atoms with Gasteiger partial charge in [0, 0.05) is 6.54 Å². The number of rotatable bonds is 6. The number of carbonyl (C=O) groups excluding carboxylic acids is 1. The van der Waals surface area contributed by atoms with Crippen molar-refractivity contribution in [3.05, 3.63) is 15.6 Å². The van der Waals surface area contributed by atoms with Gasteiger partial charge >= 0.3 is 5.97 Å². The average molecular weight is 284 g/mol. The lowest BCUT2D eigenvalue weighted by molar-refractivity contribution is -0.137. The maximum absolute atomic E-state index is 12.4. The smallest absolute Gasteiger partial charge is 0.323 e. The van der Waals surface area contributed by atoms with E-state index in [0.717, 1.165) is 11.4 Å². The topological polar surface area (TPSA) is 70.5 Å². The predicted molar refractivity (Wildman–Crippen MR) is 74.6 cm³/mol. The minimum atomic E-state index is -0.994. The lowest BCUT2D eigenvalue weighted by Gasteiger charge is -2.22.